The fraction of sp³-hybridized carbons (Fsp3) is 0.435. The van der Waals surface area contributed by atoms with Crippen LogP contribution in [-0.4, -0.2) is 0 Å². The van der Waals surface area contributed by atoms with E-state index in [1.165, 1.54) is 6.07 Å². The number of fused-ring (bicyclic) bond motifs is 1. The van der Waals surface area contributed by atoms with Gasteiger partial charge in [0.2, 0.25) is 0 Å². The van der Waals surface area contributed by atoms with Crippen molar-refractivity contribution in [2.45, 2.75) is 51.2 Å². The number of nitrogens with one attached hydrogen (secondary N) is 1. The van der Waals surface area contributed by atoms with Gasteiger partial charge in [-0.25, -0.2) is 0 Å². The molecule has 0 bridgehead atoms. The maximum atomic E-state index is 13.2. The zero-order valence-electron chi connectivity index (χ0n) is 16.1. The second-order valence-corrected chi connectivity index (χ2v) is 7.83. The van der Waals surface area contributed by atoms with Crippen molar-refractivity contribution < 1.29 is 13.2 Å². The fourth-order valence-electron chi connectivity index (χ4n) is 4.18. The minimum atomic E-state index is -4.35. The van der Waals surface area contributed by atoms with E-state index in [1.54, 1.807) is 6.07 Å². The van der Waals surface area contributed by atoms with Gasteiger partial charge in [-0.1, -0.05) is 44.2 Å². The van der Waals surface area contributed by atoms with Crippen LogP contribution in [0.2, 0.25) is 0 Å². The zero-order valence-corrected chi connectivity index (χ0v) is 16.1. The van der Waals surface area contributed by atoms with Gasteiger partial charge in [0.05, 0.1) is 17.7 Å². The first-order valence-corrected chi connectivity index (χ1v) is 9.70. The summed E-state index contributed by atoms with van der Waals surface area (Å²) in [4.78, 5) is 0. The highest BCUT2D eigenvalue weighted by molar-refractivity contribution is 5.59. The first-order chi connectivity index (χ1) is 13.3. The number of anilines is 1. The molecule has 0 amide bonds. The second-order valence-electron chi connectivity index (χ2n) is 7.83. The van der Waals surface area contributed by atoms with Gasteiger partial charge < -0.3 is 5.32 Å². The molecule has 3 unspecified atom stereocenters. The van der Waals surface area contributed by atoms with Gasteiger partial charge in [0.15, 0.2) is 0 Å². The lowest BCUT2D eigenvalue weighted by Crippen LogP contribution is -2.31. The maximum absolute atomic E-state index is 13.2. The Kier molecular flexibility index (Phi) is 5.98. The third-order valence-electron chi connectivity index (χ3n) is 5.84. The van der Waals surface area contributed by atoms with Crippen molar-refractivity contribution >= 4 is 5.69 Å². The zero-order chi connectivity index (χ0) is 20.3. The summed E-state index contributed by atoms with van der Waals surface area (Å²) in [5, 5.41) is 12.4. The molecular formula is C23H25F3N2. The lowest BCUT2D eigenvalue weighted by Gasteiger charge is -2.40. The number of rotatable bonds is 5. The fourth-order valence-corrected chi connectivity index (χ4v) is 4.18. The Labute approximate surface area is 164 Å². The van der Waals surface area contributed by atoms with Crippen LogP contribution in [0.5, 0.6) is 0 Å². The van der Waals surface area contributed by atoms with E-state index in [4.69, 9.17) is 5.26 Å². The molecule has 5 heteroatoms. The smallest absolute Gasteiger partial charge is 0.378 e. The molecular weight excluding hydrogens is 361 g/mol. The minimum Gasteiger partial charge on any atom is -0.378 e. The molecule has 148 valence electrons. The summed E-state index contributed by atoms with van der Waals surface area (Å²) in [6.07, 6.45) is -2.12. The molecule has 28 heavy (non-hydrogen) atoms. The first-order valence-electron chi connectivity index (χ1n) is 9.70. The Morgan fingerprint density at radius 3 is 2.50 bits per heavy atom. The predicted molar refractivity (Wildman–Crippen MR) is 105 cm³/mol. The lowest BCUT2D eigenvalue weighted by molar-refractivity contribution is -0.137. The van der Waals surface area contributed by atoms with Gasteiger partial charge >= 0.3 is 6.18 Å². The summed E-state index contributed by atoms with van der Waals surface area (Å²) in [6.45, 7) is 4.08. The van der Waals surface area contributed by atoms with E-state index >= 15 is 0 Å². The molecule has 1 aliphatic rings. The SMILES string of the molecule is CC(CC#N)CCC1C(C)c2cc(C(F)(F)F)ccc2N[C@H]1c1ccccc1. The van der Waals surface area contributed by atoms with Crippen LogP contribution in [0.15, 0.2) is 48.5 Å². The maximum Gasteiger partial charge on any atom is 0.416 e. The normalized spacial score (nSPS) is 22.6. The summed E-state index contributed by atoms with van der Waals surface area (Å²) in [7, 11) is 0. The van der Waals surface area contributed by atoms with E-state index in [1.807, 2.05) is 25.1 Å². The van der Waals surface area contributed by atoms with Crippen molar-refractivity contribution in [3.05, 3.63) is 65.2 Å². The van der Waals surface area contributed by atoms with Gasteiger partial charge in [-0.2, -0.15) is 18.4 Å². The van der Waals surface area contributed by atoms with Gasteiger partial charge in [-0.15, -0.1) is 0 Å². The minimum absolute atomic E-state index is 0.0157. The molecule has 4 atom stereocenters. The Balaban J connectivity index is 1.95. The van der Waals surface area contributed by atoms with Crippen LogP contribution in [0.3, 0.4) is 0 Å². The number of nitriles is 1. The quantitative estimate of drug-likeness (QED) is 0.605. The molecule has 2 nitrogen and oxygen atoms in total. The Bertz CT molecular complexity index is 839. The molecule has 0 aliphatic carbocycles. The summed E-state index contributed by atoms with van der Waals surface area (Å²) < 4.78 is 39.6. The number of hydrogen-bond acceptors (Lipinski definition) is 2. The molecule has 1 aliphatic heterocycles. The molecule has 0 spiro atoms. The Morgan fingerprint density at radius 1 is 1.14 bits per heavy atom. The molecule has 2 aromatic rings. The standard InChI is InChI=1S/C23H25F3N2/c1-15(12-13-27)8-10-19-16(2)20-14-18(23(24,25)26)9-11-21(20)28-22(19)17-6-4-3-5-7-17/h3-7,9,11,14-16,19,22,28H,8,10,12H2,1-2H3/t15?,16?,19?,22-/m0/s1. The van der Waals surface area contributed by atoms with Crippen LogP contribution < -0.4 is 5.32 Å². The highest BCUT2D eigenvalue weighted by Crippen LogP contribution is 2.48. The van der Waals surface area contributed by atoms with Crippen molar-refractivity contribution in [2.24, 2.45) is 11.8 Å². The monoisotopic (exact) mass is 386 g/mol. The predicted octanol–water partition coefficient (Wildman–Crippen LogP) is 6.92. The number of nitrogens with zero attached hydrogens (tertiary/aromatic N) is 1. The molecule has 3 rings (SSSR count). The van der Waals surface area contributed by atoms with Crippen molar-refractivity contribution in [2.75, 3.05) is 5.32 Å². The highest BCUT2D eigenvalue weighted by atomic mass is 19.4. The van der Waals surface area contributed by atoms with Gasteiger partial charge in [0.1, 0.15) is 0 Å². The van der Waals surface area contributed by atoms with E-state index in [0.717, 1.165) is 35.7 Å². The van der Waals surface area contributed by atoms with E-state index in [2.05, 4.69) is 30.4 Å². The van der Waals surface area contributed by atoms with Gasteiger partial charge in [0, 0.05) is 12.1 Å². The van der Waals surface area contributed by atoms with Crippen LogP contribution in [-0.2, 0) is 6.18 Å². The molecule has 0 radical (unpaired) electrons. The summed E-state index contributed by atoms with van der Waals surface area (Å²) in [5.41, 5.74) is 2.03. The van der Waals surface area contributed by atoms with Gasteiger partial charge in [-0.05, 0) is 59.9 Å². The number of benzene rings is 2. The topological polar surface area (TPSA) is 35.8 Å². The first kappa shape index (κ1) is 20.3. The third-order valence-corrected chi connectivity index (χ3v) is 5.84. The van der Waals surface area contributed by atoms with Gasteiger partial charge in [0.25, 0.3) is 0 Å². The molecule has 1 heterocycles. The van der Waals surface area contributed by atoms with Crippen LogP contribution in [0.4, 0.5) is 18.9 Å². The van der Waals surface area contributed by atoms with Crippen LogP contribution in [0, 0.1) is 23.2 Å². The summed E-state index contributed by atoms with van der Waals surface area (Å²) in [6, 6.07) is 16.3. The molecule has 0 saturated carbocycles. The number of hydrogen-bond donors (Lipinski definition) is 1. The second kappa shape index (κ2) is 8.26. The summed E-state index contributed by atoms with van der Waals surface area (Å²) in [5.74, 6) is 0.411. The largest absolute Gasteiger partial charge is 0.416 e. The van der Waals surface area contributed by atoms with E-state index < -0.39 is 11.7 Å². The van der Waals surface area contributed by atoms with E-state index in [0.29, 0.717) is 6.42 Å². The number of alkyl halides is 3. The van der Waals surface area contributed by atoms with E-state index in [9.17, 15) is 13.2 Å². The van der Waals surface area contributed by atoms with Crippen LogP contribution in [0.25, 0.3) is 0 Å². The lowest BCUT2D eigenvalue weighted by atomic mass is 9.73. The Hall–Kier alpha value is -2.48. The molecule has 0 fully saturated rings. The third kappa shape index (κ3) is 4.32. The van der Waals surface area contributed by atoms with E-state index in [-0.39, 0.29) is 23.8 Å². The molecule has 0 saturated heterocycles. The average Bonchev–Trinajstić information content (AvgIpc) is 2.67. The average molecular weight is 386 g/mol. The molecule has 1 N–H and O–H groups in total. The van der Waals surface area contributed by atoms with Crippen molar-refractivity contribution in [3.8, 4) is 6.07 Å². The van der Waals surface area contributed by atoms with Gasteiger partial charge in [-0.3, -0.25) is 0 Å². The Morgan fingerprint density at radius 2 is 1.86 bits per heavy atom. The van der Waals surface area contributed by atoms with Crippen molar-refractivity contribution in [1.82, 2.24) is 0 Å². The number of halogens is 3. The molecule has 2 aromatic carbocycles. The summed E-state index contributed by atoms with van der Waals surface area (Å²) >= 11 is 0. The van der Waals surface area contributed by atoms with Crippen molar-refractivity contribution in [1.29, 1.82) is 5.26 Å². The highest BCUT2D eigenvalue weighted by Gasteiger charge is 2.37. The van der Waals surface area contributed by atoms with Crippen LogP contribution >= 0.6 is 0 Å². The van der Waals surface area contributed by atoms with Crippen LogP contribution in [0.1, 0.15) is 61.8 Å². The van der Waals surface area contributed by atoms with Crippen molar-refractivity contribution in [3.63, 3.8) is 0 Å². The molecule has 0 aromatic heterocycles.